The molecule has 1 N–H and O–H groups in total. The minimum Gasteiger partial charge on any atom is -0.476 e. The van der Waals surface area contributed by atoms with Gasteiger partial charge < -0.3 is 14.4 Å². The van der Waals surface area contributed by atoms with Crippen LogP contribution in [-0.4, -0.2) is 29.1 Å². The van der Waals surface area contributed by atoms with Gasteiger partial charge in [0.2, 0.25) is 0 Å². The van der Waals surface area contributed by atoms with Gasteiger partial charge in [-0.25, -0.2) is 4.79 Å². The molecule has 88 valence electrons. The zero-order valence-electron chi connectivity index (χ0n) is 9.35. The Hall–Kier alpha value is -1.52. The quantitative estimate of drug-likeness (QED) is 0.828. The molecule has 1 aromatic heterocycles. The molecule has 0 aromatic carbocycles. The van der Waals surface area contributed by atoms with Crippen molar-refractivity contribution >= 4 is 12.0 Å². The number of aromatic nitrogens is 1. The second-order valence-corrected chi connectivity index (χ2v) is 4.16. The fourth-order valence-electron chi connectivity index (χ4n) is 1.84. The summed E-state index contributed by atoms with van der Waals surface area (Å²) in [6.07, 6.45) is 5.00. The number of carboxylic acid groups (broad SMARTS) is 1. The van der Waals surface area contributed by atoms with Gasteiger partial charge in [-0.2, -0.15) is 4.98 Å². The van der Waals surface area contributed by atoms with Crippen LogP contribution in [0.3, 0.4) is 0 Å². The summed E-state index contributed by atoms with van der Waals surface area (Å²) in [7, 11) is 0. The maximum Gasteiger partial charge on any atom is 0.357 e. The third-order valence-corrected chi connectivity index (χ3v) is 3.07. The lowest BCUT2D eigenvalue weighted by Crippen LogP contribution is -2.32. The predicted molar refractivity (Wildman–Crippen MR) is 58.7 cm³/mol. The van der Waals surface area contributed by atoms with Crippen LogP contribution in [0.1, 0.15) is 36.7 Å². The van der Waals surface area contributed by atoms with E-state index in [1.54, 1.807) is 0 Å². The normalized spacial score (nSPS) is 15.8. The van der Waals surface area contributed by atoms with E-state index in [1.807, 2.05) is 11.8 Å². The van der Waals surface area contributed by atoms with Gasteiger partial charge in [-0.1, -0.05) is 6.42 Å². The number of anilines is 1. The van der Waals surface area contributed by atoms with Gasteiger partial charge in [0.15, 0.2) is 5.69 Å². The summed E-state index contributed by atoms with van der Waals surface area (Å²) >= 11 is 0. The number of hydrogen-bond donors (Lipinski definition) is 1. The minimum atomic E-state index is -1.05. The van der Waals surface area contributed by atoms with Crippen molar-refractivity contribution in [3.05, 3.63) is 12.0 Å². The average molecular weight is 224 g/mol. The summed E-state index contributed by atoms with van der Waals surface area (Å²) < 4.78 is 5.18. The summed E-state index contributed by atoms with van der Waals surface area (Å²) in [6.45, 7) is 3.72. The maximum absolute atomic E-state index is 10.7. The van der Waals surface area contributed by atoms with Crippen molar-refractivity contribution < 1.29 is 14.3 Å². The van der Waals surface area contributed by atoms with E-state index in [2.05, 4.69) is 4.98 Å². The average Bonchev–Trinajstić information content (AvgIpc) is 2.65. The van der Waals surface area contributed by atoms with Crippen LogP contribution in [0.25, 0.3) is 0 Å². The lowest BCUT2D eigenvalue weighted by Gasteiger charge is -2.30. The van der Waals surface area contributed by atoms with Gasteiger partial charge in [-0.15, -0.1) is 0 Å². The van der Waals surface area contributed by atoms with E-state index in [9.17, 15) is 4.79 Å². The summed E-state index contributed by atoms with van der Waals surface area (Å²) in [5.74, 6) is -0.338. The van der Waals surface area contributed by atoms with E-state index in [1.165, 1.54) is 25.5 Å². The molecule has 0 bridgehead atoms. The largest absolute Gasteiger partial charge is 0.476 e. The van der Waals surface area contributed by atoms with Crippen molar-refractivity contribution in [2.24, 2.45) is 5.92 Å². The number of carbonyl (C=O) groups is 1. The molecule has 1 saturated carbocycles. The molecule has 0 radical (unpaired) electrons. The molecule has 16 heavy (non-hydrogen) atoms. The zero-order valence-corrected chi connectivity index (χ0v) is 9.35. The first kappa shape index (κ1) is 11.0. The summed E-state index contributed by atoms with van der Waals surface area (Å²) in [5, 5.41) is 8.75. The Kier molecular flexibility index (Phi) is 3.12. The number of oxazole rings is 1. The van der Waals surface area contributed by atoms with Gasteiger partial charge in [-0.05, 0) is 25.7 Å². The molecular weight excluding hydrogens is 208 g/mol. The number of aromatic carboxylic acids is 1. The van der Waals surface area contributed by atoms with Gasteiger partial charge in [0.05, 0.1) is 0 Å². The highest BCUT2D eigenvalue weighted by atomic mass is 16.4. The molecule has 5 heteroatoms. The number of carboxylic acids is 1. The van der Waals surface area contributed by atoms with Crippen molar-refractivity contribution in [2.45, 2.75) is 26.2 Å². The number of nitrogens with zero attached hydrogens (tertiary/aromatic N) is 2. The molecule has 0 spiro atoms. The van der Waals surface area contributed by atoms with Gasteiger partial charge in [0.1, 0.15) is 6.26 Å². The van der Waals surface area contributed by atoms with Gasteiger partial charge in [0, 0.05) is 13.1 Å². The van der Waals surface area contributed by atoms with E-state index in [0.29, 0.717) is 11.9 Å². The Morgan fingerprint density at radius 3 is 2.88 bits per heavy atom. The fourth-order valence-corrected chi connectivity index (χ4v) is 1.84. The highest BCUT2D eigenvalue weighted by Crippen LogP contribution is 2.28. The van der Waals surface area contributed by atoms with Gasteiger partial charge in [0.25, 0.3) is 6.01 Å². The second-order valence-electron chi connectivity index (χ2n) is 4.16. The van der Waals surface area contributed by atoms with Crippen LogP contribution in [-0.2, 0) is 0 Å². The molecule has 0 unspecified atom stereocenters. The van der Waals surface area contributed by atoms with Crippen LogP contribution in [0.4, 0.5) is 6.01 Å². The highest BCUT2D eigenvalue weighted by Gasteiger charge is 2.23. The monoisotopic (exact) mass is 224 g/mol. The molecule has 1 heterocycles. The summed E-state index contributed by atoms with van der Waals surface area (Å²) in [4.78, 5) is 16.6. The van der Waals surface area contributed by atoms with Gasteiger partial charge >= 0.3 is 5.97 Å². The third-order valence-electron chi connectivity index (χ3n) is 3.07. The first-order valence-electron chi connectivity index (χ1n) is 5.64. The Morgan fingerprint density at radius 1 is 1.69 bits per heavy atom. The summed E-state index contributed by atoms with van der Waals surface area (Å²) in [5.41, 5.74) is -0.0259. The Labute approximate surface area is 94.1 Å². The van der Waals surface area contributed by atoms with E-state index >= 15 is 0 Å². The van der Waals surface area contributed by atoms with E-state index in [-0.39, 0.29) is 5.69 Å². The maximum atomic E-state index is 10.7. The van der Waals surface area contributed by atoms with Crippen LogP contribution in [0.2, 0.25) is 0 Å². The Morgan fingerprint density at radius 2 is 2.44 bits per heavy atom. The molecule has 0 aliphatic heterocycles. The van der Waals surface area contributed by atoms with Crippen LogP contribution in [0.5, 0.6) is 0 Å². The number of hydrogen-bond acceptors (Lipinski definition) is 4. The highest BCUT2D eigenvalue weighted by molar-refractivity contribution is 5.85. The van der Waals surface area contributed by atoms with Crippen molar-refractivity contribution in [3.63, 3.8) is 0 Å². The molecule has 5 nitrogen and oxygen atoms in total. The first-order chi connectivity index (χ1) is 7.70. The SMILES string of the molecule is CCN(CC1CCC1)c1nc(C(=O)O)co1. The predicted octanol–water partition coefficient (Wildman–Crippen LogP) is 2.00. The van der Waals surface area contributed by atoms with Crippen molar-refractivity contribution in [1.29, 1.82) is 0 Å². The molecular formula is C11H16N2O3. The molecule has 2 rings (SSSR count). The van der Waals surface area contributed by atoms with Gasteiger partial charge in [-0.3, -0.25) is 0 Å². The molecule has 0 atom stereocenters. The molecule has 0 amide bonds. The van der Waals surface area contributed by atoms with Crippen LogP contribution in [0, 0.1) is 5.92 Å². The smallest absolute Gasteiger partial charge is 0.357 e. The Balaban J connectivity index is 2.03. The molecule has 0 saturated heterocycles. The molecule has 1 aromatic rings. The van der Waals surface area contributed by atoms with Crippen molar-refractivity contribution in [2.75, 3.05) is 18.0 Å². The lowest BCUT2D eigenvalue weighted by atomic mass is 9.85. The van der Waals surface area contributed by atoms with E-state index in [4.69, 9.17) is 9.52 Å². The summed E-state index contributed by atoms with van der Waals surface area (Å²) in [6, 6.07) is 0.423. The molecule has 1 aliphatic carbocycles. The van der Waals surface area contributed by atoms with E-state index < -0.39 is 5.97 Å². The lowest BCUT2D eigenvalue weighted by molar-refractivity contribution is 0.0690. The van der Waals surface area contributed by atoms with Crippen LogP contribution >= 0.6 is 0 Å². The van der Waals surface area contributed by atoms with Crippen molar-refractivity contribution in [1.82, 2.24) is 4.98 Å². The zero-order chi connectivity index (χ0) is 11.5. The Bertz CT molecular complexity index is 371. The van der Waals surface area contributed by atoms with Crippen LogP contribution in [0.15, 0.2) is 10.7 Å². The topological polar surface area (TPSA) is 66.6 Å². The third kappa shape index (κ3) is 2.18. The van der Waals surface area contributed by atoms with E-state index in [0.717, 1.165) is 13.1 Å². The fraction of sp³-hybridized carbons (Fsp3) is 0.636. The minimum absolute atomic E-state index is 0.0259. The second kappa shape index (κ2) is 4.55. The van der Waals surface area contributed by atoms with Crippen molar-refractivity contribution in [3.8, 4) is 0 Å². The standard InChI is InChI=1S/C11H16N2O3/c1-2-13(6-8-4-3-5-8)11-12-9(7-16-11)10(14)15/h7-8H,2-6H2,1H3,(H,14,15). The molecule has 1 aliphatic rings. The number of rotatable bonds is 5. The first-order valence-corrected chi connectivity index (χ1v) is 5.64. The van der Waals surface area contributed by atoms with Crippen LogP contribution < -0.4 is 4.90 Å². The molecule has 1 fully saturated rings.